The molecule has 3 saturated heterocycles. The maximum Gasteiger partial charge on any atom is 0.573 e. The number of H-pyrrole nitrogens is 1. The highest BCUT2D eigenvalue weighted by atomic mass is 19.4. The van der Waals surface area contributed by atoms with Crippen molar-refractivity contribution in [2.75, 3.05) is 33.2 Å². The van der Waals surface area contributed by atoms with Gasteiger partial charge in [-0.1, -0.05) is 36.4 Å². The Hall–Kier alpha value is -5.18. The maximum absolute atomic E-state index is 13.6. The fourth-order valence-corrected chi connectivity index (χ4v) is 8.09. The standard InChI is InChI=1S/C39H44F3N7O5/c1-46-23-32(31-21-43-45-35(31)37(46)52)27-7-8-29(33(20-27)54-39(40,41)42)22-48-15-13-30(14-16-48)47(2)38(53)49-17-11-26(12-18-49)25-5-3-24(4-6-25)19-28-9-10-34(50)44-36(28)51/h3-8,20-21,23,26,28,30H,9-19,22H2,1-2H3,(H,43,45)(H,44,50,51). The average molecular weight is 748 g/mol. The van der Waals surface area contributed by atoms with Crippen LogP contribution in [0.25, 0.3) is 22.0 Å². The fourth-order valence-electron chi connectivity index (χ4n) is 8.09. The van der Waals surface area contributed by atoms with E-state index in [0.29, 0.717) is 86.3 Å². The molecule has 2 aromatic carbocycles. The predicted molar refractivity (Wildman–Crippen MR) is 194 cm³/mol. The Balaban J connectivity index is 0.920. The summed E-state index contributed by atoms with van der Waals surface area (Å²) in [5.41, 5.74) is 3.66. The van der Waals surface area contributed by atoms with Gasteiger partial charge >= 0.3 is 12.4 Å². The molecule has 0 spiro atoms. The summed E-state index contributed by atoms with van der Waals surface area (Å²) in [5.74, 6) is -0.561. The van der Waals surface area contributed by atoms with Crippen molar-refractivity contribution in [3.8, 4) is 16.9 Å². The Bertz CT molecular complexity index is 2080. The quantitative estimate of drug-likeness (QED) is 0.234. The van der Waals surface area contributed by atoms with Crippen molar-refractivity contribution in [3.63, 3.8) is 0 Å². The number of likely N-dealkylation sites (tertiary alicyclic amines) is 2. The first-order valence-electron chi connectivity index (χ1n) is 18.4. The first-order valence-corrected chi connectivity index (χ1v) is 18.4. The number of alkyl halides is 3. The molecule has 2 N–H and O–H groups in total. The zero-order valence-electron chi connectivity index (χ0n) is 30.3. The van der Waals surface area contributed by atoms with Crippen LogP contribution in [0.15, 0.2) is 59.7 Å². The number of nitrogens with zero attached hydrogens (tertiary/aromatic N) is 5. The molecule has 15 heteroatoms. The molecule has 0 bridgehead atoms. The fraction of sp³-hybridized carbons (Fsp3) is 0.462. The van der Waals surface area contributed by atoms with Gasteiger partial charge in [0.2, 0.25) is 11.8 Å². The molecule has 5 heterocycles. The van der Waals surface area contributed by atoms with Crippen molar-refractivity contribution in [1.29, 1.82) is 0 Å². The highest BCUT2D eigenvalue weighted by Crippen LogP contribution is 2.35. The number of urea groups is 1. The summed E-state index contributed by atoms with van der Waals surface area (Å²) in [6.07, 6.45) is 2.78. The van der Waals surface area contributed by atoms with E-state index in [-0.39, 0.29) is 53.2 Å². The molecule has 54 heavy (non-hydrogen) atoms. The minimum absolute atomic E-state index is 0.00641. The van der Waals surface area contributed by atoms with E-state index in [4.69, 9.17) is 0 Å². The van der Waals surface area contributed by atoms with Gasteiger partial charge in [-0.3, -0.25) is 29.7 Å². The highest BCUT2D eigenvalue weighted by Gasteiger charge is 2.34. The lowest BCUT2D eigenvalue weighted by molar-refractivity contribution is -0.275. The lowest BCUT2D eigenvalue weighted by Crippen LogP contribution is -2.51. The predicted octanol–water partition coefficient (Wildman–Crippen LogP) is 5.32. The van der Waals surface area contributed by atoms with E-state index in [1.54, 1.807) is 25.4 Å². The number of carbonyl (C=O) groups is 3. The van der Waals surface area contributed by atoms with Gasteiger partial charge in [0.1, 0.15) is 11.3 Å². The maximum atomic E-state index is 13.6. The van der Waals surface area contributed by atoms with Crippen LogP contribution in [-0.2, 0) is 29.6 Å². The van der Waals surface area contributed by atoms with Crippen LogP contribution in [0, 0.1) is 5.92 Å². The number of hydrogen-bond donors (Lipinski definition) is 2. The molecule has 0 aliphatic carbocycles. The van der Waals surface area contributed by atoms with E-state index in [1.807, 2.05) is 16.8 Å². The zero-order chi connectivity index (χ0) is 38.1. The number of piperidine rings is 3. The van der Waals surface area contributed by atoms with Gasteiger partial charge in [-0.25, -0.2) is 4.79 Å². The minimum Gasteiger partial charge on any atom is -0.405 e. The Kier molecular flexibility index (Phi) is 10.5. The topological polar surface area (TPSA) is 133 Å². The summed E-state index contributed by atoms with van der Waals surface area (Å²) in [6, 6.07) is 13.1. The van der Waals surface area contributed by atoms with Crippen molar-refractivity contribution < 1.29 is 32.3 Å². The monoisotopic (exact) mass is 747 g/mol. The summed E-state index contributed by atoms with van der Waals surface area (Å²) in [4.78, 5) is 55.5. The Morgan fingerprint density at radius 1 is 0.981 bits per heavy atom. The molecule has 0 saturated carbocycles. The van der Waals surface area contributed by atoms with Gasteiger partial charge in [-0.2, -0.15) is 5.10 Å². The number of fused-ring (bicyclic) bond motifs is 1. The Labute approximate surface area is 310 Å². The van der Waals surface area contributed by atoms with E-state index in [2.05, 4.69) is 49.4 Å². The summed E-state index contributed by atoms with van der Waals surface area (Å²) >= 11 is 0. The summed E-state index contributed by atoms with van der Waals surface area (Å²) in [5, 5.41) is 9.56. The normalized spacial score (nSPS) is 19.3. The molecular formula is C39H44F3N7O5. The molecule has 4 amide bonds. The van der Waals surface area contributed by atoms with Crippen LogP contribution in [-0.4, -0.2) is 92.9 Å². The minimum atomic E-state index is -4.89. The molecule has 1 atom stereocenters. The first-order chi connectivity index (χ1) is 25.8. The number of aromatic nitrogens is 3. The van der Waals surface area contributed by atoms with Crippen LogP contribution in [0.1, 0.15) is 61.1 Å². The molecule has 1 unspecified atom stereocenters. The lowest BCUT2D eigenvalue weighted by Gasteiger charge is -2.40. The number of rotatable bonds is 8. The second kappa shape index (κ2) is 15.3. The Morgan fingerprint density at radius 3 is 2.39 bits per heavy atom. The van der Waals surface area contributed by atoms with Crippen LogP contribution in [0.4, 0.5) is 18.0 Å². The van der Waals surface area contributed by atoms with Crippen molar-refractivity contribution >= 4 is 28.7 Å². The number of carbonyl (C=O) groups excluding carboxylic acids is 3. The summed E-state index contributed by atoms with van der Waals surface area (Å²) in [6.45, 7) is 2.75. The molecule has 4 aromatic rings. The average Bonchev–Trinajstić information content (AvgIpc) is 3.65. The van der Waals surface area contributed by atoms with Gasteiger partial charge in [0.15, 0.2) is 0 Å². The van der Waals surface area contributed by atoms with Crippen molar-refractivity contribution in [1.82, 2.24) is 34.8 Å². The van der Waals surface area contributed by atoms with E-state index >= 15 is 0 Å². The third-order valence-corrected chi connectivity index (χ3v) is 11.2. The van der Waals surface area contributed by atoms with Gasteiger partial charge in [0.05, 0.1) is 6.20 Å². The smallest absolute Gasteiger partial charge is 0.405 e. The number of ether oxygens (including phenoxy) is 1. The Morgan fingerprint density at radius 2 is 1.70 bits per heavy atom. The molecule has 7 rings (SSSR count). The largest absolute Gasteiger partial charge is 0.573 e. The highest BCUT2D eigenvalue weighted by molar-refractivity contribution is 5.98. The van der Waals surface area contributed by atoms with Gasteiger partial charge in [0, 0.05) is 87.9 Å². The number of benzene rings is 2. The summed E-state index contributed by atoms with van der Waals surface area (Å²) in [7, 11) is 3.40. The second-order valence-electron chi connectivity index (χ2n) is 14.7. The number of pyridine rings is 1. The SMILES string of the molecule is CN(C(=O)N1CCC(c2ccc(CC3CCC(=O)NC3=O)cc2)CC1)C1CCN(Cc2ccc(-c3cn(C)c(=O)c4[nH]ncc34)cc2OC(F)(F)F)CC1. The van der Waals surface area contributed by atoms with Crippen LogP contribution >= 0.6 is 0 Å². The lowest BCUT2D eigenvalue weighted by atomic mass is 9.87. The van der Waals surface area contributed by atoms with Crippen LogP contribution in [0.2, 0.25) is 0 Å². The number of nitrogens with one attached hydrogen (secondary N) is 2. The zero-order valence-corrected chi connectivity index (χ0v) is 30.3. The van der Waals surface area contributed by atoms with Crippen LogP contribution in [0.3, 0.4) is 0 Å². The van der Waals surface area contributed by atoms with Crippen molar-refractivity contribution in [2.24, 2.45) is 13.0 Å². The number of amides is 4. The number of imide groups is 1. The van der Waals surface area contributed by atoms with Gasteiger partial charge in [-0.15, -0.1) is 13.2 Å². The molecule has 286 valence electrons. The van der Waals surface area contributed by atoms with E-state index < -0.39 is 6.36 Å². The van der Waals surface area contributed by atoms with Crippen molar-refractivity contribution in [3.05, 3.63) is 81.9 Å². The molecule has 0 radical (unpaired) electrons. The molecule has 12 nitrogen and oxygen atoms in total. The van der Waals surface area contributed by atoms with Gasteiger partial charge in [-0.05, 0) is 67.2 Å². The first kappa shape index (κ1) is 37.1. The van der Waals surface area contributed by atoms with Gasteiger partial charge in [0.25, 0.3) is 5.56 Å². The van der Waals surface area contributed by atoms with Gasteiger partial charge < -0.3 is 19.1 Å². The third kappa shape index (κ3) is 8.15. The van der Waals surface area contributed by atoms with E-state index in [9.17, 15) is 32.3 Å². The molecular weight excluding hydrogens is 703 g/mol. The number of aromatic amines is 1. The second-order valence-corrected chi connectivity index (χ2v) is 14.7. The molecule has 3 aliphatic heterocycles. The number of halogens is 3. The van der Waals surface area contributed by atoms with E-state index in [1.165, 1.54) is 22.4 Å². The third-order valence-electron chi connectivity index (χ3n) is 11.2. The van der Waals surface area contributed by atoms with Crippen LogP contribution in [0.5, 0.6) is 5.75 Å². The van der Waals surface area contributed by atoms with Crippen molar-refractivity contribution in [2.45, 2.75) is 69.8 Å². The summed E-state index contributed by atoms with van der Waals surface area (Å²) < 4.78 is 46.6. The number of aryl methyl sites for hydroxylation is 1. The molecule has 3 aliphatic rings. The van der Waals surface area contributed by atoms with E-state index in [0.717, 1.165) is 18.4 Å². The molecule has 2 aromatic heterocycles. The number of hydrogen-bond acceptors (Lipinski definition) is 7. The molecule has 3 fully saturated rings. The van der Waals surface area contributed by atoms with Crippen LogP contribution < -0.4 is 15.6 Å².